The predicted octanol–water partition coefficient (Wildman–Crippen LogP) is 4.16. The van der Waals surface area contributed by atoms with E-state index in [0.717, 1.165) is 22.0 Å². The number of benzene rings is 1. The third-order valence-corrected chi connectivity index (χ3v) is 6.72. The first-order chi connectivity index (χ1) is 16.1. The van der Waals surface area contributed by atoms with Crippen LogP contribution in [0.1, 0.15) is 16.1 Å². The van der Waals surface area contributed by atoms with Crippen LogP contribution in [0, 0.1) is 6.92 Å². The summed E-state index contributed by atoms with van der Waals surface area (Å²) in [5.74, 6) is 0.237. The monoisotopic (exact) mass is 460 g/mol. The van der Waals surface area contributed by atoms with E-state index in [0.29, 0.717) is 31.9 Å². The first-order valence-electron chi connectivity index (χ1n) is 10.9. The number of carbonyl (C=O) groups excluding carboxylic acids is 2. The van der Waals surface area contributed by atoms with E-state index in [1.165, 1.54) is 11.8 Å². The molecule has 8 heteroatoms. The second-order valence-electron chi connectivity index (χ2n) is 8.08. The Kier molecular flexibility index (Phi) is 5.83. The van der Waals surface area contributed by atoms with E-state index in [-0.39, 0.29) is 18.4 Å². The average Bonchev–Trinajstić information content (AvgIpc) is 3.61. The zero-order valence-electron chi connectivity index (χ0n) is 18.3. The van der Waals surface area contributed by atoms with Gasteiger partial charge in [0.15, 0.2) is 5.76 Å². The maximum atomic E-state index is 13.0. The Bertz CT molecular complexity index is 1250. The molecule has 4 aromatic rings. The molecule has 1 aliphatic heterocycles. The van der Waals surface area contributed by atoms with Gasteiger partial charge in [0.2, 0.25) is 5.91 Å². The molecule has 1 saturated heterocycles. The summed E-state index contributed by atoms with van der Waals surface area (Å²) < 4.78 is 7.15. The lowest BCUT2D eigenvalue weighted by Crippen LogP contribution is -2.51. The molecule has 4 heterocycles. The summed E-state index contributed by atoms with van der Waals surface area (Å²) in [6, 6.07) is 15.6. The fraction of sp³-hybridized carbons (Fsp3) is 0.240. The van der Waals surface area contributed by atoms with Gasteiger partial charge in [-0.1, -0.05) is 29.8 Å². The molecule has 1 aliphatic rings. The van der Waals surface area contributed by atoms with Gasteiger partial charge in [-0.05, 0) is 31.2 Å². The number of amides is 2. The molecular formula is C25H24N4O3S. The van der Waals surface area contributed by atoms with Gasteiger partial charge in [-0.15, -0.1) is 11.3 Å². The highest BCUT2D eigenvalue weighted by atomic mass is 32.1. The number of aromatic nitrogens is 2. The summed E-state index contributed by atoms with van der Waals surface area (Å²) in [7, 11) is 0. The van der Waals surface area contributed by atoms with Gasteiger partial charge < -0.3 is 18.8 Å². The van der Waals surface area contributed by atoms with Crippen LogP contribution in [0.15, 0.2) is 70.8 Å². The minimum atomic E-state index is -0.132. The molecule has 33 heavy (non-hydrogen) atoms. The highest BCUT2D eigenvalue weighted by Crippen LogP contribution is 2.29. The number of hydrogen-bond donors (Lipinski definition) is 0. The second-order valence-corrected chi connectivity index (χ2v) is 8.93. The van der Waals surface area contributed by atoms with Crippen molar-refractivity contribution in [2.45, 2.75) is 13.5 Å². The molecule has 5 rings (SSSR count). The van der Waals surface area contributed by atoms with Gasteiger partial charge >= 0.3 is 0 Å². The molecule has 3 aromatic heterocycles. The smallest absolute Gasteiger partial charge is 0.289 e. The van der Waals surface area contributed by atoms with Crippen molar-refractivity contribution < 1.29 is 14.0 Å². The van der Waals surface area contributed by atoms with E-state index >= 15 is 0 Å². The van der Waals surface area contributed by atoms with Crippen molar-refractivity contribution in [2.24, 2.45) is 0 Å². The summed E-state index contributed by atoms with van der Waals surface area (Å²) in [4.78, 5) is 33.8. The van der Waals surface area contributed by atoms with Gasteiger partial charge in [0, 0.05) is 43.3 Å². The lowest BCUT2D eigenvalue weighted by Gasteiger charge is -2.34. The fourth-order valence-electron chi connectivity index (χ4n) is 3.96. The van der Waals surface area contributed by atoms with Crippen molar-refractivity contribution in [1.29, 1.82) is 0 Å². The number of hydrogen-bond acceptors (Lipinski definition) is 5. The number of furan rings is 1. The Balaban J connectivity index is 1.23. The van der Waals surface area contributed by atoms with Crippen LogP contribution in [-0.4, -0.2) is 57.3 Å². The lowest BCUT2D eigenvalue weighted by atomic mass is 10.1. The molecule has 1 fully saturated rings. The molecule has 0 spiro atoms. The lowest BCUT2D eigenvalue weighted by molar-refractivity contribution is -0.133. The van der Waals surface area contributed by atoms with E-state index in [2.05, 4.69) is 36.6 Å². The van der Waals surface area contributed by atoms with Crippen LogP contribution in [0.5, 0.6) is 0 Å². The van der Waals surface area contributed by atoms with Crippen LogP contribution < -0.4 is 0 Å². The maximum absolute atomic E-state index is 13.0. The van der Waals surface area contributed by atoms with Crippen molar-refractivity contribution >= 4 is 23.2 Å². The summed E-state index contributed by atoms with van der Waals surface area (Å²) in [5.41, 5.74) is 4.16. The molecular weight excluding hydrogens is 436 g/mol. The van der Waals surface area contributed by atoms with Crippen molar-refractivity contribution in [3.05, 3.63) is 77.7 Å². The number of piperazine rings is 1. The van der Waals surface area contributed by atoms with Crippen LogP contribution in [0.2, 0.25) is 0 Å². The Morgan fingerprint density at radius 2 is 1.76 bits per heavy atom. The number of aryl methyl sites for hydroxylation is 1. The average molecular weight is 461 g/mol. The van der Waals surface area contributed by atoms with Crippen LogP contribution in [-0.2, 0) is 11.3 Å². The highest BCUT2D eigenvalue weighted by Gasteiger charge is 2.26. The zero-order chi connectivity index (χ0) is 22.8. The zero-order valence-corrected chi connectivity index (χ0v) is 19.1. The summed E-state index contributed by atoms with van der Waals surface area (Å²) in [6.07, 6.45) is 3.41. The highest BCUT2D eigenvalue weighted by molar-refractivity contribution is 7.13. The van der Waals surface area contributed by atoms with Gasteiger partial charge in [-0.25, -0.2) is 4.98 Å². The van der Waals surface area contributed by atoms with Crippen LogP contribution in [0.4, 0.5) is 0 Å². The molecule has 0 N–H and O–H groups in total. The molecule has 0 aliphatic carbocycles. The fourth-order valence-corrected chi connectivity index (χ4v) is 4.82. The number of rotatable bonds is 5. The van der Waals surface area contributed by atoms with E-state index in [9.17, 15) is 9.59 Å². The maximum Gasteiger partial charge on any atom is 0.289 e. The Hall–Kier alpha value is -3.65. The van der Waals surface area contributed by atoms with Crippen molar-refractivity contribution in [2.75, 3.05) is 26.2 Å². The first-order valence-corrected chi connectivity index (χ1v) is 11.7. The van der Waals surface area contributed by atoms with Gasteiger partial charge in [0.05, 0.1) is 17.7 Å². The minimum absolute atomic E-state index is 0.0351. The molecule has 0 bridgehead atoms. The van der Waals surface area contributed by atoms with Gasteiger partial charge in [-0.3, -0.25) is 9.59 Å². The van der Waals surface area contributed by atoms with Crippen LogP contribution >= 0.6 is 11.3 Å². The number of carbonyl (C=O) groups is 2. The third-order valence-electron chi connectivity index (χ3n) is 5.86. The molecule has 0 radical (unpaired) electrons. The quantitative estimate of drug-likeness (QED) is 0.448. The van der Waals surface area contributed by atoms with Crippen molar-refractivity contribution in [3.8, 4) is 22.0 Å². The van der Waals surface area contributed by atoms with Gasteiger partial charge in [0.1, 0.15) is 11.6 Å². The molecule has 1 aromatic carbocycles. The normalized spacial score (nSPS) is 14.0. The third kappa shape index (κ3) is 4.47. The summed E-state index contributed by atoms with van der Waals surface area (Å²) in [5, 5.41) is 2.94. The van der Waals surface area contributed by atoms with Crippen molar-refractivity contribution in [1.82, 2.24) is 19.4 Å². The standard InChI is InChI=1S/C25H24N4O3S/c1-18-6-8-19(9-7-18)20-17-33-24(26-20)21-4-2-10-29(21)16-23(30)27-11-13-28(14-12-27)25(31)22-5-3-15-32-22/h2-10,15,17H,11-14,16H2,1H3. The van der Waals surface area contributed by atoms with Gasteiger partial charge in [0.25, 0.3) is 5.91 Å². The van der Waals surface area contributed by atoms with Crippen LogP contribution in [0.3, 0.4) is 0 Å². The van der Waals surface area contributed by atoms with E-state index in [1.807, 2.05) is 27.8 Å². The van der Waals surface area contributed by atoms with E-state index < -0.39 is 0 Å². The molecule has 0 saturated carbocycles. The number of nitrogens with zero attached hydrogens (tertiary/aromatic N) is 4. The molecule has 168 valence electrons. The molecule has 0 atom stereocenters. The Labute approximate surface area is 195 Å². The summed E-state index contributed by atoms with van der Waals surface area (Å²) in [6.45, 7) is 4.32. The van der Waals surface area contributed by atoms with E-state index in [4.69, 9.17) is 9.40 Å². The van der Waals surface area contributed by atoms with Crippen LogP contribution in [0.25, 0.3) is 22.0 Å². The molecule has 0 unspecified atom stereocenters. The second kappa shape index (κ2) is 9.07. The Morgan fingerprint density at radius 1 is 1.00 bits per heavy atom. The van der Waals surface area contributed by atoms with E-state index in [1.54, 1.807) is 28.4 Å². The van der Waals surface area contributed by atoms with Crippen molar-refractivity contribution in [3.63, 3.8) is 0 Å². The topological polar surface area (TPSA) is 71.6 Å². The number of thiazole rings is 1. The Morgan fingerprint density at radius 3 is 2.48 bits per heavy atom. The SMILES string of the molecule is Cc1ccc(-c2csc(-c3cccn3CC(=O)N3CCN(C(=O)c4ccco4)CC3)n2)cc1. The summed E-state index contributed by atoms with van der Waals surface area (Å²) >= 11 is 1.58. The minimum Gasteiger partial charge on any atom is -0.459 e. The predicted molar refractivity (Wildman–Crippen MR) is 127 cm³/mol. The first kappa shape index (κ1) is 21.2. The molecule has 7 nitrogen and oxygen atoms in total. The largest absolute Gasteiger partial charge is 0.459 e. The van der Waals surface area contributed by atoms with Gasteiger partial charge in [-0.2, -0.15) is 0 Å². The molecule has 2 amide bonds.